The van der Waals surface area contributed by atoms with Gasteiger partial charge in [0.05, 0.1) is 6.04 Å². The molecule has 102 valence electrons. The van der Waals surface area contributed by atoms with E-state index in [-0.39, 0.29) is 6.04 Å². The molecule has 7 heteroatoms. The molecule has 0 amide bonds. The van der Waals surface area contributed by atoms with Gasteiger partial charge in [-0.15, -0.1) is 11.3 Å². The van der Waals surface area contributed by atoms with Crippen LogP contribution in [0.3, 0.4) is 0 Å². The Morgan fingerprint density at radius 2 is 2.11 bits per heavy atom. The average molecular weight is 279 g/mol. The molecule has 0 spiro atoms. The van der Waals surface area contributed by atoms with Crippen LogP contribution in [-0.4, -0.2) is 28.2 Å². The van der Waals surface area contributed by atoms with Crippen LogP contribution in [0.15, 0.2) is 9.90 Å². The van der Waals surface area contributed by atoms with Gasteiger partial charge in [0.25, 0.3) is 11.8 Å². The van der Waals surface area contributed by atoms with Gasteiger partial charge in [0.15, 0.2) is 0 Å². The number of thiazole rings is 1. The summed E-state index contributed by atoms with van der Waals surface area (Å²) >= 11 is 1.52. The molecule has 2 N–H and O–H groups in total. The van der Waals surface area contributed by atoms with E-state index in [9.17, 15) is 0 Å². The Labute approximate surface area is 115 Å². The van der Waals surface area contributed by atoms with Gasteiger partial charge in [0.2, 0.25) is 0 Å². The third kappa shape index (κ3) is 2.62. The summed E-state index contributed by atoms with van der Waals surface area (Å²) in [7, 11) is 0. The summed E-state index contributed by atoms with van der Waals surface area (Å²) in [5.41, 5.74) is 6.52. The molecule has 0 radical (unpaired) electrons. The fourth-order valence-corrected chi connectivity index (χ4v) is 2.89. The topological polar surface area (TPSA) is 81.1 Å². The molecule has 0 aromatic carbocycles. The summed E-state index contributed by atoms with van der Waals surface area (Å²) in [5, 5.41) is 6.83. The molecule has 2 aromatic heterocycles. The van der Waals surface area contributed by atoms with E-state index in [0.29, 0.717) is 17.5 Å². The van der Waals surface area contributed by atoms with Gasteiger partial charge in [-0.3, -0.25) is 0 Å². The lowest BCUT2D eigenvalue weighted by atomic mass is 10.1. The molecule has 0 aliphatic carbocycles. The summed E-state index contributed by atoms with van der Waals surface area (Å²) in [4.78, 5) is 11.0. The summed E-state index contributed by atoms with van der Waals surface area (Å²) in [5.74, 6) is 1.15. The Bertz CT molecular complexity index is 544. The second-order valence-corrected chi connectivity index (χ2v) is 5.70. The Balaban J connectivity index is 1.79. The molecule has 0 bridgehead atoms. The number of aromatic nitrogens is 3. The molecule has 3 rings (SSSR count). The number of hydrogen-bond donors (Lipinski definition) is 1. The minimum absolute atomic E-state index is 0.0664. The van der Waals surface area contributed by atoms with Crippen LogP contribution in [-0.2, 0) is 0 Å². The zero-order valence-electron chi connectivity index (χ0n) is 10.9. The molecule has 3 heterocycles. The van der Waals surface area contributed by atoms with E-state index in [2.05, 4.69) is 20.0 Å². The lowest BCUT2D eigenvalue weighted by Gasteiger charge is -2.24. The quantitative estimate of drug-likeness (QED) is 0.927. The molecule has 1 aliphatic rings. The predicted octanol–water partition coefficient (Wildman–Crippen LogP) is 2.20. The summed E-state index contributed by atoms with van der Waals surface area (Å²) in [6.07, 6.45) is 3.66. The number of nitrogens with zero attached hydrogens (tertiary/aromatic N) is 4. The first-order valence-corrected chi connectivity index (χ1v) is 7.42. The Hall–Kier alpha value is -1.47. The van der Waals surface area contributed by atoms with E-state index in [0.717, 1.165) is 18.1 Å². The predicted molar refractivity (Wildman–Crippen MR) is 74.1 cm³/mol. The third-order valence-corrected chi connectivity index (χ3v) is 4.23. The monoisotopic (exact) mass is 279 g/mol. The molecular weight excluding hydrogens is 262 g/mol. The van der Waals surface area contributed by atoms with Crippen LogP contribution in [0.4, 0.5) is 5.95 Å². The largest absolute Gasteiger partial charge is 0.338 e. The van der Waals surface area contributed by atoms with E-state index in [1.165, 1.54) is 30.6 Å². The fraction of sp³-hybridized carbons (Fsp3) is 0.583. The molecular formula is C12H17N5OS. The zero-order valence-corrected chi connectivity index (χ0v) is 11.7. The van der Waals surface area contributed by atoms with Crippen LogP contribution < -0.4 is 10.6 Å². The first-order valence-electron chi connectivity index (χ1n) is 6.54. The van der Waals surface area contributed by atoms with Crippen LogP contribution in [0, 0.1) is 0 Å². The lowest BCUT2D eigenvalue weighted by Crippen LogP contribution is -2.30. The van der Waals surface area contributed by atoms with Crippen molar-refractivity contribution in [2.75, 3.05) is 18.0 Å². The van der Waals surface area contributed by atoms with Gasteiger partial charge in [0, 0.05) is 18.5 Å². The van der Waals surface area contributed by atoms with Crippen LogP contribution in [0.1, 0.15) is 37.2 Å². The highest BCUT2D eigenvalue weighted by Crippen LogP contribution is 2.25. The van der Waals surface area contributed by atoms with Gasteiger partial charge in [0.1, 0.15) is 10.7 Å². The second-order valence-electron chi connectivity index (χ2n) is 4.81. The van der Waals surface area contributed by atoms with Crippen molar-refractivity contribution in [3.05, 3.63) is 10.4 Å². The van der Waals surface area contributed by atoms with Gasteiger partial charge >= 0.3 is 0 Å². The van der Waals surface area contributed by atoms with Gasteiger partial charge in [-0.2, -0.15) is 4.98 Å². The van der Waals surface area contributed by atoms with Crippen molar-refractivity contribution in [3.63, 3.8) is 0 Å². The van der Waals surface area contributed by atoms with Crippen LogP contribution in [0.2, 0.25) is 0 Å². The van der Waals surface area contributed by atoms with Crippen molar-refractivity contribution in [3.8, 4) is 11.6 Å². The van der Waals surface area contributed by atoms with Crippen molar-refractivity contribution in [1.82, 2.24) is 15.1 Å². The van der Waals surface area contributed by atoms with E-state index in [1.807, 2.05) is 12.3 Å². The highest BCUT2D eigenvalue weighted by molar-refractivity contribution is 7.10. The number of piperidine rings is 1. The lowest BCUT2D eigenvalue weighted by molar-refractivity contribution is 0.425. The number of hydrogen-bond acceptors (Lipinski definition) is 7. The summed E-state index contributed by atoms with van der Waals surface area (Å²) < 4.78 is 5.30. The van der Waals surface area contributed by atoms with Crippen molar-refractivity contribution < 1.29 is 4.52 Å². The standard InChI is InChI=1S/C12H17N5OS/c1-8(13)11-14-9(7-19-11)10-15-12(16-18-10)17-5-3-2-4-6-17/h7-8H,2-6,13H2,1H3. The van der Waals surface area contributed by atoms with Gasteiger partial charge in [-0.05, 0) is 31.3 Å². The molecule has 1 unspecified atom stereocenters. The fourth-order valence-electron chi connectivity index (χ4n) is 2.14. The van der Waals surface area contributed by atoms with Crippen LogP contribution in [0.5, 0.6) is 0 Å². The van der Waals surface area contributed by atoms with Crippen molar-refractivity contribution in [1.29, 1.82) is 0 Å². The molecule has 1 atom stereocenters. The molecule has 1 fully saturated rings. The minimum atomic E-state index is -0.0664. The van der Waals surface area contributed by atoms with E-state index in [4.69, 9.17) is 10.3 Å². The highest BCUT2D eigenvalue weighted by atomic mass is 32.1. The Morgan fingerprint density at radius 1 is 1.32 bits per heavy atom. The van der Waals surface area contributed by atoms with Crippen molar-refractivity contribution >= 4 is 17.3 Å². The number of rotatable bonds is 3. The molecule has 1 saturated heterocycles. The van der Waals surface area contributed by atoms with Gasteiger partial charge in [-0.1, -0.05) is 0 Å². The molecule has 0 saturated carbocycles. The first kappa shape index (κ1) is 12.6. The number of nitrogens with two attached hydrogens (primary N) is 1. The summed E-state index contributed by atoms with van der Waals surface area (Å²) in [6, 6.07) is -0.0664. The minimum Gasteiger partial charge on any atom is -0.338 e. The number of anilines is 1. The third-order valence-electron chi connectivity index (χ3n) is 3.18. The maximum absolute atomic E-state index is 5.80. The van der Waals surface area contributed by atoms with Crippen molar-refractivity contribution in [2.24, 2.45) is 5.73 Å². The smallest absolute Gasteiger partial charge is 0.278 e. The molecule has 2 aromatic rings. The Kier molecular flexibility index (Phi) is 3.48. The maximum atomic E-state index is 5.80. The van der Waals surface area contributed by atoms with Crippen LogP contribution in [0.25, 0.3) is 11.6 Å². The zero-order chi connectivity index (χ0) is 13.2. The van der Waals surface area contributed by atoms with E-state index < -0.39 is 0 Å². The van der Waals surface area contributed by atoms with Gasteiger partial charge < -0.3 is 15.2 Å². The first-order chi connectivity index (χ1) is 9.24. The van der Waals surface area contributed by atoms with Crippen molar-refractivity contribution in [2.45, 2.75) is 32.2 Å². The maximum Gasteiger partial charge on any atom is 0.278 e. The van der Waals surface area contributed by atoms with Gasteiger partial charge in [-0.25, -0.2) is 4.98 Å². The Morgan fingerprint density at radius 3 is 2.79 bits per heavy atom. The van der Waals surface area contributed by atoms with Crippen LogP contribution >= 0.6 is 11.3 Å². The molecule has 19 heavy (non-hydrogen) atoms. The second kappa shape index (κ2) is 5.26. The molecule has 1 aliphatic heterocycles. The molecule has 6 nitrogen and oxygen atoms in total. The van der Waals surface area contributed by atoms with E-state index >= 15 is 0 Å². The highest BCUT2D eigenvalue weighted by Gasteiger charge is 2.19. The SMILES string of the molecule is CC(N)c1nc(-c2nc(N3CCCCC3)no2)cs1. The van der Waals surface area contributed by atoms with E-state index in [1.54, 1.807) is 0 Å². The normalized spacial score (nSPS) is 17.7. The summed E-state index contributed by atoms with van der Waals surface area (Å²) in [6.45, 7) is 3.91. The average Bonchev–Trinajstić information content (AvgIpc) is 3.09.